The molecule has 0 saturated heterocycles. The first-order valence-electron chi connectivity index (χ1n) is 6.52. The summed E-state index contributed by atoms with van der Waals surface area (Å²) in [6.45, 7) is 8.14. The van der Waals surface area contributed by atoms with Gasteiger partial charge in [-0.25, -0.2) is 0 Å². The van der Waals surface area contributed by atoms with Gasteiger partial charge in [0.25, 0.3) is 0 Å². The molecular weight excluding hydrogens is 242 g/mol. The average Bonchev–Trinajstić information content (AvgIpc) is 2.27. The Balaban J connectivity index is 2.63. The molecule has 0 spiro atoms. The van der Waals surface area contributed by atoms with Crippen molar-refractivity contribution < 1.29 is 14.3 Å². The number of nitrogens with two attached hydrogens (primary N) is 1. The maximum absolute atomic E-state index is 11.4. The first-order valence-corrected chi connectivity index (χ1v) is 6.52. The van der Waals surface area contributed by atoms with E-state index in [2.05, 4.69) is 0 Å². The van der Waals surface area contributed by atoms with Crippen molar-refractivity contribution in [1.82, 2.24) is 0 Å². The van der Waals surface area contributed by atoms with Crippen LogP contribution in [-0.2, 0) is 9.53 Å². The second-order valence-electron chi connectivity index (χ2n) is 5.40. The lowest BCUT2D eigenvalue weighted by Gasteiger charge is -2.21. The monoisotopic (exact) mass is 265 g/mol. The maximum Gasteiger partial charge on any atom is 0.307 e. The number of rotatable bonds is 5. The van der Waals surface area contributed by atoms with Gasteiger partial charge in [0.05, 0.1) is 13.0 Å². The van der Waals surface area contributed by atoms with Crippen LogP contribution in [0.4, 0.5) is 0 Å². The first kappa shape index (κ1) is 15.5. The maximum atomic E-state index is 11.4. The highest BCUT2D eigenvalue weighted by Gasteiger charge is 2.14. The van der Waals surface area contributed by atoms with E-state index in [9.17, 15) is 4.79 Å². The number of hydrogen-bond acceptors (Lipinski definition) is 4. The zero-order valence-corrected chi connectivity index (χ0v) is 12.1. The van der Waals surface area contributed by atoms with Crippen LogP contribution in [0.15, 0.2) is 24.3 Å². The molecule has 19 heavy (non-hydrogen) atoms. The molecule has 1 atom stereocenters. The molecule has 4 heteroatoms. The van der Waals surface area contributed by atoms with Crippen LogP contribution in [0.5, 0.6) is 5.75 Å². The van der Waals surface area contributed by atoms with E-state index in [-0.39, 0.29) is 24.0 Å². The normalized spacial score (nSPS) is 12.9. The van der Waals surface area contributed by atoms with Crippen LogP contribution >= 0.6 is 0 Å². The summed E-state index contributed by atoms with van der Waals surface area (Å²) in [5.41, 5.74) is 6.63. The van der Waals surface area contributed by atoms with Gasteiger partial charge in [-0.1, -0.05) is 12.1 Å². The zero-order chi connectivity index (χ0) is 14.5. The third kappa shape index (κ3) is 5.75. The standard InChI is InChI=1S/C15H23NO3/c1-5-18-14(17)10-13(16)11-6-8-12(9-7-11)19-15(2,3)4/h6-9,13H,5,10,16H2,1-4H3/t13-/m1/s1. The lowest BCUT2D eigenvalue weighted by atomic mass is 10.0. The third-order valence-electron chi connectivity index (χ3n) is 2.42. The van der Waals surface area contributed by atoms with Crippen molar-refractivity contribution in [2.24, 2.45) is 5.73 Å². The van der Waals surface area contributed by atoms with E-state index in [1.165, 1.54) is 0 Å². The molecule has 1 rings (SSSR count). The number of ether oxygens (including phenoxy) is 2. The summed E-state index contributed by atoms with van der Waals surface area (Å²) in [6.07, 6.45) is 0.188. The van der Waals surface area contributed by atoms with E-state index in [0.717, 1.165) is 11.3 Å². The Bertz CT molecular complexity index is 406. The Morgan fingerprint density at radius 3 is 2.32 bits per heavy atom. The predicted molar refractivity (Wildman–Crippen MR) is 75.0 cm³/mol. The zero-order valence-electron chi connectivity index (χ0n) is 12.1. The Kier molecular flexibility index (Phi) is 5.36. The highest BCUT2D eigenvalue weighted by molar-refractivity contribution is 5.70. The largest absolute Gasteiger partial charge is 0.488 e. The van der Waals surface area contributed by atoms with Gasteiger partial charge in [0, 0.05) is 6.04 Å². The molecule has 0 radical (unpaired) electrons. The second-order valence-corrected chi connectivity index (χ2v) is 5.40. The van der Waals surface area contributed by atoms with Crippen LogP contribution in [0.1, 0.15) is 45.7 Å². The number of carbonyl (C=O) groups excluding carboxylic acids is 1. The van der Waals surface area contributed by atoms with Crippen LogP contribution in [0.2, 0.25) is 0 Å². The third-order valence-corrected chi connectivity index (χ3v) is 2.42. The summed E-state index contributed by atoms with van der Waals surface area (Å²) in [4.78, 5) is 11.4. The molecule has 0 unspecified atom stereocenters. The highest BCUT2D eigenvalue weighted by Crippen LogP contribution is 2.22. The fourth-order valence-corrected chi connectivity index (χ4v) is 1.65. The van der Waals surface area contributed by atoms with Gasteiger partial charge in [-0.3, -0.25) is 4.79 Å². The van der Waals surface area contributed by atoms with Crippen molar-refractivity contribution in [2.75, 3.05) is 6.61 Å². The Labute approximate surface area is 114 Å². The molecule has 0 fully saturated rings. The topological polar surface area (TPSA) is 61.5 Å². The quantitative estimate of drug-likeness (QED) is 0.832. The SMILES string of the molecule is CCOC(=O)C[C@@H](N)c1ccc(OC(C)(C)C)cc1. The Morgan fingerprint density at radius 1 is 1.26 bits per heavy atom. The summed E-state index contributed by atoms with van der Waals surface area (Å²) in [5, 5.41) is 0. The van der Waals surface area contributed by atoms with E-state index >= 15 is 0 Å². The predicted octanol–water partition coefficient (Wildman–Crippen LogP) is 2.82. The van der Waals surface area contributed by atoms with Gasteiger partial charge >= 0.3 is 5.97 Å². The summed E-state index contributed by atoms with van der Waals surface area (Å²) < 4.78 is 10.6. The highest BCUT2D eigenvalue weighted by atomic mass is 16.5. The van der Waals surface area contributed by atoms with Gasteiger partial charge in [0.2, 0.25) is 0 Å². The van der Waals surface area contributed by atoms with Gasteiger partial charge in [0.1, 0.15) is 11.4 Å². The van der Waals surface area contributed by atoms with E-state index in [4.69, 9.17) is 15.2 Å². The van der Waals surface area contributed by atoms with Crippen LogP contribution in [0.25, 0.3) is 0 Å². The molecule has 0 aliphatic carbocycles. The molecule has 1 aromatic carbocycles. The molecule has 2 N–H and O–H groups in total. The summed E-state index contributed by atoms with van der Waals surface area (Å²) in [7, 11) is 0. The second kappa shape index (κ2) is 6.57. The first-order chi connectivity index (χ1) is 8.81. The molecule has 1 aromatic rings. The van der Waals surface area contributed by atoms with Gasteiger partial charge in [-0.15, -0.1) is 0 Å². The molecule has 0 amide bonds. The van der Waals surface area contributed by atoms with E-state index in [0.29, 0.717) is 6.61 Å². The fraction of sp³-hybridized carbons (Fsp3) is 0.533. The summed E-state index contributed by atoms with van der Waals surface area (Å²) in [5.74, 6) is 0.518. The molecular formula is C15H23NO3. The van der Waals surface area contributed by atoms with Crippen LogP contribution < -0.4 is 10.5 Å². The minimum Gasteiger partial charge on any atom is -0.488 e. The summed E-state index contributed by atoms with van der Waals surface area (Å²) in [6, 6.07) is 7.15. The minimum atomic E-state index is -0.345. The Morgan fingerprint density at radius 2 is 1.84 bits per heavy atom. The Hall–Kier alpha value is -1.55. The number of carbonyl (C=O) groups is 1. The lowest BCUT2D eigenvalue weighted by molar-refractivity contribution is -0.143. The van der Waals surface area contributed by atoms with Crippen molar-refractivity contribution in [1.29, 1.82) is 0 Å². The van der Waals surface area contributed by atoms with Gasteiger partial charge in [0.15, 0.2) is 0 Å². The lowest BCUT2D eigenvalue weighted by Crippen LogP contribution is -2.23. The van der Waals surface area contributed by atoms with Crippen molar-refractivity contribution in [3.63, 3.8) is 0 Å². The van der Waals surface area contributed by atoms with E-state index < -0.39 is 0 Å². The number of hydrogen-bond donors (Lipinski definition) is 1. The molecule has 106 valence electrons. The fourth-order valence-electron chi connectivity index (χ4n) is 1.65. The number of esters is 1. The molecule has 0 bridgehead atoms. The summed E-state index contributed by atoms with van der Waals surface area (Å²) >= 11 is 0. The van der Waals surface area contributed by atoms with E-state index in [1.807, 2.05) is 45.0 Å². The van der Waals surface area contributed by atoms with Crippen molar-refractivity contribution >= 4 is 5.97 Å². The van der Waals surface area contributed by atoms with Gasteiger partial charge < -0.3 is 15.2 Å². The number of benzene rings is 1. The smallest absolute Gasteiger partial charge is 0.307 e. The van der Waals surface area contributed by atoms with Crippen molar-refractivity contribution in [3.05, 3.63) is 29.8 Å². The average molecular weight is 265 g/mol. The molecule has 0 aliphatic heterocycles. The van der Waals surface area contributed by atoms with Crippen molar-refractivity contribution in [2.45, 2.75) is 45.8 Å². The van der Waals surface area contributed by atoms with Crippen LogP contribution in [0, 0.1) is 0 Å². The molecule has 0 aromatic heterocycles. The van der Waals surface area contributed by atoms with Crippen LogP contribution in [0.3, 0.4) is 0 Å². The molecule has 0 saturated carbocycles. The van der Waals surface area contributed by atoms with E-state index in [1.54, 1.807) is 6.92 Å². The van der Waals surface area contributed by atoms with Gasteiger partial charge in [-0.2, -0.15) is 0 Å². The minimum absolute atomic E-state index is 0.188. The molecule has 0 heterocycles. The molecule has 4 nitrogen and oxygen atoms in total. The molecule has 0 aliphatic rings. The van der Waals surface area contributed by atoms with Crippen molar-refractivity contribution in [3.8, 4) is 5.75 Å². The van der Waals surface area contributed by atoms with Crippen LogP contribution in [-0.4, -0.2) is 18.2 Å². The van der Waals surface area contributed by atoms with Gasteiger partial charge in [-0.05, 0) is 45.4 Å².